The van der Waals surface area contributed by atoms with Gasteiger partial charge in [-0.2, -0.15) is 23.4 Å². The lowest BCUT2D eigenvalue weighted by molar-refractivity contribution is -0.371. The summed E-state index contributed by atoms with van der Waals surface area (Å²) in [6, 6.07) is 5.22. The number of nitriles is 1. The molecule has 10 nitrogen and oxygen atoms in total. The largest absolute Gasteiger partial charge is 0.416 e. The van der Waals surface area contributed by atoms with Crippen molar-refractivity contribution in [2.24, 2.45) is 0 Å². The number of rotatable bonds is 6. The summed E-state index contributed by atoms with van der Waals surface area (Å²) in [6.45, 7) is 1.59. The van der Waals surface area contributed by atoms with Crippen molar-refractivity contribution in [1.29, 1.82) is 5.26 Å². The number of ether oxygens (including phenoxy) is 2. The van der Waals surface area contributed by atoms with Crippen molar-refractivity contribution in [2.75, 3.05) is 28.9 Å². The summed E-state index contributed by atoms with van der Waals surface area (Å²) in [4.78, 5) is 20.6. The standard InChI is InChI=1S/C18H18F3N7O3S/c1-9-30-13(31-9)8-28(14-12(7-22)15(32-2)26-16(23)25-14)27-17(29)24-11-5-3-4-10(6-11)18(19,20)21/h3-6,9,13H,8H2,1-2H3,(H2,23,25,26)(H2,24,27,29). The van der Waals surface area contributed by atoms with Crippen LogP contribution in [0.2, 0.25) is 0 Å². The fourth-order valence-electron chi connectivity index (χ4n) is 2.80. The molecule has 2 heterocycles. The maximum absolute atomic E-state index is 12.9. The number of anilines is 3. The van der Waals surface area contributed by atoms with Crippen LogP contribution in [0.25, 0.3) is 0 Å². The number of hydrogen-bond donors (Lipinski definition) is 3. The molecule has 1 aliphatic heterocycles. The van der Waals surface area contributed by atoms with Crippen molar-refractivity contribution in [1.82, 2.24) is 15.4 Å². The number of hydrogen-bond acceptors (Lipinski definition) is 9. The van der Waals surface area contributed by atoms with Crippen molar-refractivity contribution in [2.45, 2.75) is 30.7 Å². The van der Waals surface area contributed by atoms with Crippen LogP contribution in [0.5, 0.6) is 0 Å². The third-order valence-corrected chi connectivity index (χ3v) is 4.82. The average molecular weight is 469 g/mol. The highest BCUT2D eigenvalue weighted by Crippen LogP contribution is 2.31. The van der Waals surface area contributed by atoms with E-state index in [2.05, 4.69) is 20.7 Å². The molecule has 4 N–H and O–H groups in total. The predicted molar refractivity (Wildman–Crippen MR) is 109 cm³/mol. The molecular formula is C18H18F3N7O3S. The second-order valence-electron chi connectivity index (χ2n) is 6.43. The summed E-state index contributed by atoms with van der Waals surface area (Å²) in [5.74, 6) is -0.160. The molecule has 1 aliphatic rings. The minimum atomic E-state index is -4.57. The van der Waals surface area contributed by atoms with Gasteiger partial charge in [0.1, 0.15) is 16.7 Å². The van der Waals surface area contributed by atoms with Gasteiger partial charge in [0.2, 0.25) is 5.95 Å². The van der Waals surface area contributed by atoms with Crippen LogP contribution in [0.1, 0.15) is 18.1 Å². The zero-order valence-corrected chi connectivity index (χ0v) is 17.6. The van der Waals surface area contributed by atoms with Gasteiger partial charge in [-0.15, -0.1) is 11.8 Å². The highest BCUT2D eigenvalue weighted by Gasteiger charge is 2.32. The fourth-order valence-corrected chi connectivity index (χ4v) is 3.32. The Morgan fingerprint density at radius 2 is 2.09 bits per heavy atom. The van der Waals surface area contributed by atoms with Crippen LogP contribution in [-0.2, 0) is 15.7 Å². The number of benzene rings is 1. The predicted octanol–water partition coefficient (Wildman–Crippen LogP) is 2.93. The molecule has 1 saturated heterocycles. The van der Waals surface area contributed by atoms with Crippen molar-refractivity contribution in [3.8, 4) is 6.07 Å². The van der Waals surface area contributed by atoms with Gasteiger partial charge in [0.15, 0.2) is 18.4 Å². The van der Waals surface area contributed by atoms with Gasteiger partial charge in [0.25, 0.3) is 0 Å². The van der Waals surface area contributed by atoms with Crippen molar-refractivity contribution in [3.63, 3.8) is 0 Å². The summed E-state index contributed by atoms with van der Waals surface area (Å²) >= 11 is 1.15. The van der Waals surface area contributed by atoms with Crippen LogP contribution in [-0.4, -0.2) is 41.4 Å². The average Bonchev–Trinajstić information content (AvgIpc) is 2.70. The van der Waals surface area contributed by atoms with E-state index in [0.717, 1.165) is 35.0 Å². The first kappa shape index (κ1) is 23.4. The minimum absolute atomic E-state index is 0.0182. The molecule has 2 amide bonds. The lowest BCUT2D eigenvalue weighted by atomic mass is 10.2. The van der Waals surface area contributed by atoms with Gasteiger partial charge in [-0.25, -0.2) is 15.2 Å². The summed E-state index contributed by atoms with van der Waals surface area (Å²) in [7, 11) is 0. The number of urea groups is 1. The smallest absolute Gasteiger partial charge is 0.368 e. The van der Waals surface area contributed by atoms with Gasteiger partial charge in [-0.05, 0) is 31.4 Å². The van der Waals surface area contributed by atoms with E-state index in [0.29, 0.717) is 0 Å². The van der Waals surface area contributed by atoms with Gasteiger partial charge < -0.3 is 20.5 Å². The number of nitrogens with zero attached hydrogens (tertiary/aromatic N) is 4. The molecule has 2 aromatic rings. The van der Waals surface area contributed by atoms with Gasteiger partial charge in [-0.3, -0.25) is 5.01 Å². The van der Waals surface area contributed by atoms with Gasteiger partial charge in [-0.1, -0.05) is 6.07 Å². The Kier molecular flexibility index (Phi) is 6.92. The molecule has 1 aromatic carbocycles. The highest BCUT2D eigenvalue weighted by atomic mass is 32.2. The number of carbonyl (C=O) groups is 1. The summed E-state index contributed by atoms with van der Waals surface area (Å²) in [5, 5.41) is 13.3. The lowest BCUT2D eigenvalue weighted by Crippen LogP contribution is -2.54. The number of halogens is 3. The zero-order chi connectivity index (χ0) is 23.5. The number of aromatic nitrogens is 2. The topological polar surface area (TPSA) is 138 Å². The first-order chi connectivity index (χ1) is 15.1. The first-order valence-corrected chi connectivity index (χ1v) is 10.3. The minimum Gasteiger partial charge on any atom is -0.368 e. The number of thioether (sulfide) groups is 1. The molecule has 0 spiro atoms. The summed E-state index contributed by atoms with van der Waals surface area (Å²) < 4.78 is 49.5. The van der Waals surface area contributed by atoms with Crippen LogP contribution in [0, 0.1) is 11.3 Å². The Hall–Kier alpha value is -3.28. The molecule has 0 saturated carbocycles. The maximum atomic E-state index is 12.9. The Morgan fingerprint density at radius 1 is 1.38 bits per heavy atom. The van der Waals surface area contributed by atoms with Crippen molar-refractivity contribution >= 4 is 35.2 Å². The van der Waals surface area contributed by atoms with Crippen LogP contribution in [0.15, 0.2) is 29.3 Å². The molecule has 14 heteroatoms. The van der Waals surface area contributed by atoms with Crippen LogP contribution in [0.4, 0.5) is 35.4 Å². The molecule has 0 bridgehead atoms. The van der Waals surface area contributed by atoms with E-state index in [-0.39, 0.29) is 34.6 Å². The van der Waals surface area contributed by atoms with E-state index >= 15 is 0 Å². The Labute approximate surface area is 184 Å². The third kappa shape index (κ3) is 5.49. The van der Waals surface area contributed by atoms with E-state index in [1.807, 2.05) is 6.07 Å². The van der Waals surface area contributed by atoms with Crippen LogP contribution >= 0.6 is 11.8 Å². The molecule has 0 unspecified atom stereocenters. The third-order valence-electron chi connectivity index (χ3n) is 4.14. The number of nitrogens with one attached hydrogen (secondary N) is 2. The quantitative estimate of drug-likeness (QED) is 0.331. The normalized spacial score (nSPS) is 17.8. The number of carbonyl (C=O) groups excluding carboxylic acids is 1. The van der Waals surface area contributed by atoms with Crippen molar-refractivity contribution in [3.05, 3.63) is 35.4 Å². The molecule has 0 aliphatic carbocycles. The van der Waals surface area contributed by atoms with Gasteiger partial charge in [0, 0.05) is 5.69 Å². The van der Waals surface area contributed by atoms with E-state index < -0.39 is 30.4 Å². The zero-order valence-electron chi connectivity index (χ0n) is 16.8. The van der Waals surface area contributed by atoms with E-state index in [4.69, 9.17) is 15.2 Å². The number of alkyl halides is 3. The highest BCUT2D eigenvalue weighted by molar-refractivity contribution is 7.98. The number of hydrazine groups is 1. The molecule has 3 rings (SSSR count). The lowest BCUT2D eigenvalue weighted by Gasteiger charge is -2.37. The molecule has 1 fully saturated rings. The first-order valence-electron chi connectivity index (χ1n) is 9.05. The number of nitrogen functional groups attached to an aromatic ring is 1. The second-order valence-corrected chi connectivity index (χ2v) is 7.22. The van der Waals surface area contributed by atoms with E-state index in [1.54, 1.807) is 13.2 Å². The van der Waals surface area contributed by atoms with E-state index in [1.165, 1.54) is 6.07 Å². The van der Waals surface area contributed by atoms with E-state index in [9.17, 15) is 23.2 Å². The molecule has 170 valence electrons. The number of nitrogens with two attached hydrogens (primary N) is 1. The monoisotopic (exact) mass is 469 g/mol. The molecule has 1 aromatic heterocycles. The fraction of sp³-hybridized carbons (Fsp3) is 0.333. The molecule has 32 heavy (non-hydrogen) atoms. The summed E-state index contributed by atoms with van der Waals surface area (Å²) in [5.41, 5.74) is 7.21. The van der Waals surface area contributed by atoms with Gasteiger partial charge >= 0.3 is 12.2 Å². The Balaban J connectivity index is 1.85. The Morgan fingerprint density at radius 3 is 2.69 bits per heavy atom. The van der Waals surface area contributed by atoms with Crippen LogP contribution < -0.4 is 21.5 Å². The van der Waals surface area contributed by atoms with Crippen molar-refractivity contribution < 1.29 is 27.4 Å². The SMILES string of the molecule is CSc1nc(N)nc(N(CC2OC(C)O2)NC(=O)Nc2cccc(C(F)(F)F)c2)c1C#N. The molecular weight excluding hydrogens is 451 g/mol. The van der Waals surface area contributed by atoms with Gasteiger partial charge in [0.05, 0.1) is 12.1 Å². The Bertz CT molecular complexity index is 1040. The number of amides is 2. The summed E-state index contributed by atoms with van der Waals surface area (Å²) in [6.07, 6.45) is -4.08. The van der Waals surface area contributed by atoms with Crippen LogP contribution in [0.3, 0.4) is 0 Å². The second kappa shape index (κ2) is 9.47. The molecule has 0 atom stereocenters. The molecule has 0 radical (unpaired) electrons. The maximum Gasteiger partial charge on any atom is 0.416 e.